The van der Waals surface area contributed by atoms with Crippen LogP contribution in [-0.2, 0) is 0 Å². The standard InChI is InChI=1S/C42H21N9/c43-19-31-40(49-34-10-4-1-7-25(34)28-13-16-46-22-37(28)49)32(20-44)42(51-36-12-6-3-9-27(36)30-15-18-48-24-39(30)51)33(21-45)41(31)50-35-11-5-2-8-26(35)29-14-17-47-23-38(29)50/h1-18,22-24H. The molecule has 0 unspecified atom stereocenters. The summed E-state index contributed by atoms with van der Waals surface area (Å²) in [6.45, 7) is 0. The maximum absolute atomic E-state index is 11.3. The second-order valence-electron chi connectivity index (χ2n) is 12.2. The molecule has 10 aromatic rings. The Bertz CT molecular complexity index is 2720. The molecule has 9 nitrogen and oxygen atoms in total. The molecular formula is C42H21N9. The molecule has 234 valence electrons. The molecule has 0 N–H and O–H groups in total. The number of para-hydroxylation sites is 3. The zero-order valence-corrected chi connectivity index (χ0v) is 26.6. The molecule has 6 aromatic heterocycles. The number of fused-ring (bicyclic) bond motifs is 9. The number of nitriles is 3. The van der Waals surface area contributed by atoms with Gasteiger partial charge in [-0.05, 0) is 36.4 Å². The first-order valence-electron chi connectivity index (χ1n) is 16.2. The highest BCUT2D eigenvalue weighted by atomic mass is 15.1. The Kier molecular flexibility index (Phi) is 5.87. The molecular weight excluding hydrogens is 631 g/mol. The Morgan fingerprint density at radius 2 is 0.627 bits per heavy atom. The predicted molar refractivity (Wildman–Crippen MR) is 197 cm³/mol. The van der Waals surface area contributed by atoms with Crippen LogP contribution in [0.2, 0.25) is 0 Å². The van der Waals surface area contributed by atoms with E-state index in [1.54, 1.807) is 37.2 Å². The molecule has 6 heterocycles. The summed E-state index contributed by atoms with van der Waals surface area (Å²) in [6, 6.07) is 37.0. The smallest absolute Gasteiger partial charge is 0.104 e. The molecule has 0 saturated heterocycles. The summed E-state index contributed by atoms with van der Waals surface area (Å²) in [5.41, 5.74) is 6.13. The quantitative estimate of drug-likeness (QED) is 0.188. The van der Waals surface area contributed by atoms with Crippen molar-refractivity contribution in [2.75, 3.05) is 0 Å². The number of nitrogens with zero attached hydrogens (tertiary/aromatic N) is 9. The van der Waals surface area contributed by atoms with Crippen molar-refractivity contribution in [2.24, 2.45) is 0 Å². The summed E-state index contributed by atoms with van der Waals surface area (Å²) >= 11 is 0. The van der Waals surface area contributed by atoms with E-state index >= 15 is 0 Å². The van der Waals surface area contributed by atoms with Crippen molar-refractivity contribution in [1.29, 1.82) is 15.8 Å². The molecule has 0 saturated carbocycles. The van der Waals surface area contributed by atoms with Gasteiger partial charge in [-0.3, -0.25) is 15.0 Å². The van der Waals surface area contributed by atoms with Gasteiger partial charge in [0, 0.05) is 50.9 Å². The monoisotopic (exact) mass is 651 g/mol. The molecule has 0 aliphatic heterocycles. The van der Waals surface area contributed by atoms with E-state index in [0.717, 1.165) is 65.4 Å². The van der Waals surface area contributed by atoms with Crippen molar-refractivity contribution in [3.8, 4) is 35.3 Å². The minimum atomic E-state index is 0.170. The summed E-state index contributed by atoms with van der Waals surface area (Å²) in [5, 5.41) is 39.6. The summed E-state index contributed by atoms with van der Waals surface area (Å²) in [6.07, 6.45) is 10.5. The van der Waals surface area contributed by atoms with E-state index in [0.29, 0.717) is 17.1 Å². The van der Waals surface area contributed by atoms with Gasteiger partial charge in [-0.2, -0.15) is 15.8 Å². The van der Waals surface area contributed by atoms with E-state index in [2.05, 4.69) is 33.2 Å². The number of rotatable bonds is 3. The van der Waals surface area contributed by atoms with Crippen LogP contribution in [-0.4, -0.2) is 28.7 Å². The minimum Gasteiger partial charge on any atom is -0.305 e. The third-order valence-electron chi connectivity index (χ3n) is 9.86. The molecule has 0 radical (unpaired) electrons. The van der Waals surface area contributed by atoms with E-state index in [-0.39, 0.29) is 16.7 Å². The van der Waals surface area contributed by atoms with Crippen LogP contribution in [0.1, 0.15) is 16.7 Å². The first-order chi connectivity index (χ1) is 25.2. The van der Waals surface area contributed by atoms with Gasteiger partial charge in [0.25, 0.3) is 0 Å². The van der Waals surface area contributed by atoms with Gasteiger partial charge in [0.05, 0.1) is 68.8 Å². The van der Waals surface area contributed by atoms with Gasteiger partial charge in [-0.1, -0.05) is 54.6 Å². The molecule has 0 spiro atoms. The largest absolute Gasteiger partial charge is 0.305 e. The van der Waals surface area contributed by atoms with Crippen molar-refractivity contribution in [3.63, 3.8) is 0 Å². The third kappa shape index (κ3) is 3.68. The van der Waals surface area contributed by atoms with Crippen molar-refractivity contribution in [1.82, 2.24) is 28.7 Å². The Morgan fingerprint density at radius 3 is 0.922 bits per heavy atom. The van der Waals surface area contributed by atoms with E-state index in [1.807, 2.05) is 105 Å². The lowest BCUT2D eigenvalue weighted by atomic mass is 9.96. The number of hydrogen-bond acceptors (Lipinski definition) is 6. The second kappa shape index (κ2) is 10.6. The van der Waals surface area contributed by atoms with Crippen molar-refractivity contribution in [2.45, 2.75) is 0 Å². The molecule has 9 heteroatoms. The molecule has 10 rings (SSSR count). The maximum Gasteiger partial charge on any atom is 0.104 e. The highest BCUT2D eigenvalue weighted by Gasteiger charge is 2.32. The normalized spacial score (nSPS) is 11.5. The van der Waals surface area contributed by atoms with Crippen LogP contribution in [0.15, 0.2) is 128 Å². The minimum absolute atomic E-state index is 0.170. The van der Waals surface area contributed by atoms with Crippen LogP contribution >= 0.6 is 0 Å². The average molecular weight is 652 g/mol. The summed E-state index contributed by atoms with van der Waals surface area (Å²) in [7, 11) is 0. The van der Waals surface area contributed by atoms with Crippen LogP contribution in [0.25, 0.3) is 82.5 Å². The zero-order valence-electron chi connectivity index (χ0n) is 26.6. The number of benzene rings is 4. The fourth-order valence-electron chi connectivity index (χ4n) is 7.88. The molecule has 0 aliphatic rings. The lowest BCUT2D eigenvalue weighted by Gasteiger charge is -2.23. The number of aromatic nitrogens is 6. The first-order valence-corrected chi connectivity index (χ1v) is 16.2. The highest BCUT2D eigenvalue weighted by Crippen LogP contribution is 2.44. The average Bonchev–Trinajstić information content (AvgIpc) is 3.82. The van der Waals surface area contributed by atoms with Crippen LogP contribution in [0.3, 0.4) is 0 Å². The molecule has 0 fully saturated rings. The van der Waals surface area contributed by atoms with E-state index in [1.165, 1.54) is 0 Å². The Hall–Kier alpha value is -7.80. The van der Waals surface area contributed by atoms with E-state index in [9.17, 15) is 15.8 Å². The van der Waals surface area contributed by atoms with Gasteiger partial charge < -0.3 is 13.7 Å². The summed E-state index contributed by atoms with van der Waals surface area (Å²) < 4.78 is 5.84. The molecule has 4 aromatic carbocycles. The van der Waals surface area contributed by atoms with Crippen molar-refractivity contribution in [3.05, 3.63) is 145 Å². The topological polar surface area (TPSA) is 125 Å². The van der Waals surface area contributed by atoms with Gasteiger partial charge in [0.15, 0.2) is 0 Å². The first kappa shape index (κ1) is 28.2. The Balaban J connectivity index is 1.53. The summed E-state index contributed by atoms with van der Waals surface area (Å²) in [4.78, 5) is 13.4. The van der Waals surface area contributed by atoms with Crippen LogP contribution in [0.5, 0.6) is 0 Å². The molecule has 0 atom stereocenters. The molecule has 0 amide bonds. The Labute approximate surface area is 289 Å². The zero-order chi connectivity index (χ0) is 34.2. The van der Waals surface area contributed by atoms with Crippen molar-refractivity contribution < 1.29 is 0 Å². The van der Waals surface area contributed by atoms with Crippen LogP contribution in [0, 0.1) is 34.0 Å². The van der Waals surface area contributed by atoms with Crippen LogP contribution in [0.4, 0.5) is 0 Å². The van der Waals surface area contributed by atoms with Crippen molar-refractivity contribution >= 4 is 65.4 Å². The lowest BCUT2D eigenvalue weighted by Crippen LogP contribution is -2.14. The molecule has 0 aliphatic carbocycles. The van der Waals surface area contributed by atoms with Crippen LogP contribution < -0.4 is 0 Å². The maximum atomic E-state index is 11.3. The SMILES string of the molecule is N#Cc1c(-n2c3ccccc3c3ccncc32)c(C#N)c(-n2c3ccccc3c3ccncc32)c(C#N)c1-n1c2ccccc2c2ccncc21. The van der Waals surface area contributed by atoms with E-state index in [4.69, 9.17) is 0 Å². The van der Waals surface area contributed by atoms with Gasteiger partial charge in [-0.15, -0.1) is 0 Å². The number of pyridine rings is 3. The fourth-order valence-corrected chi connectivity index (χ4v) is 7.88. The van der Waals surface area contributed by atoms with Gasteiger partial charge in [0.2, 0.25) is 0 Å². The van der Waals surface area contributed by atoms with Gasteiger partial charge in [-0.25, -0.2) is 0 Å². The molecule has 0 bridgehead atoms. The number of hydrogen-bond donors (Lipinski definition) is 0. The van der Waals surface area contributed by atoms with E-state index < -0.39 is 0 Å². The summed E-state index contributed by atoms with van der Waals surface area (Å²) in [5.74, 6) is 0. The molecule has 51 heavy (non-hydrogen) atoms. The van der Waals surface area contributed by atoms with Gasteiger partial charge in [0.1, 0.15) is 34.9 Å². The lowest BCUT2D eigenvalue weighted by molar-refractivity contribution is 1.06. The second-order valence-corrected chi connectivity index (χ2v) is 12.2. The predicted octanol–water partition coefficient (Wildman–Crippen LogP) is 8.78. The highest BCUT2D eigenvalue weighted by molar-refractivity contribution is 6.13. The third-order valence-corrected chi connectivity index (χ3v) is 9.86. The fraction of sp³-hybridized carbons (Fsp3) is 0. The van der Waals surface area contributed by atoms with Gasteiger partial charge >= 0.3 is 0 Å². The Morgan fingerprint density at radius 1 is 0.353 bits per heavy atom.